The number of halogens is 3. The molecule has 0 aromatic heterocycles. The highest BCUT2D eigenvalue weighted by Gasteiger charge is 2.38. The molecular formula is C31H33F3N4O4. The minimum absolute atomic E-state index is 0.00578. The van der Waals surface area contributed by atoms with E-state index >= 15 is 0 Å². The minimum atomic E-state index is -4.82. The van der Waals surface area contributed by atoms with Crippen LogP contribution < -0.4 is 10.2 Å². The minimum Gasteiger partial charge on any atom is -0.382 e. The van der Waals surface area contributed by atoms with E-state index in [-0.39, 0.29) is 30.3 Å². The molecule has 11 heteroatoms. The Balaban J connectivity index is 1.04. The Morgan fingerprint density at radius 3 is 2.17 bits per heavy atom. The van der Waals surface area contributed by atoms with Gasteiger partial charge in [-0.05, 0) is 61.1 Å². The highest BCUT2D eigenvalue weighted by atomic mass is 19.4. The number of nitro groups is 1. The molecule has 2 aliphatic rings. The van der Waals surface area contributed by atoms with Crippen LogP contribution in [0.4, 0.5) is 30.2 Å². The fourth-order valence-electron chi connectivity index (χ4n) is 5.61. The molecule has 0 radical (unpaired) electrons. The average Bonchev–Trinajstić information content (AvgIpc) is 3.00. The first-order valence-corrected chi connectivity index (χ1v) is 14.1. The zero-order chi connectivity index (χ0) is 29.7. The first-order chi connectivity index (χ1) is 20.2. The summed E-state index contributed by atoms with van der Waals surface area (Å²) < 4.78 is 45.8. The molecule has 0 atom stereocenters. The van der Waals surface area contributed by atoms with Crippen molar-refractivity contribution >= 4 is 23.0 Å². The van der Waals surface area contributed by atoms with Crippen molar-refractivity contribution in [1.82, 2.24) is 4.90 Å². The van der Waals surface area contributed by atoms with E-state index in [1.54, 1.807) is 0 Å². The number of alkyl halides is 3. The molecule has 3 aromatic carbocycles. The number of carbonyl (C=O) groups is 1. The van der Waals surface area contributed by atoms with E-state index in [0.29, 0.717) is 38.8 Å². The smallest absolute Gasteiger partial charge is 0.382 e. The number of hydrogen-bond acceptors (Lipinski definition) is 6. The summed E-state index contributed by atoms with van der Waals surface area (Å²) in [5.74, 6) is -0.0418. The van der Waals surface area contributed by atoms with Crippen LogP contribution in [0.15, 0.2) is 72.8 Å². The van der Waals surface area contributed by atoms with E-state index in [9.17, 15) is 28.1 Å². The summed E-state index contributed by atoms with van der Waals surface area (Å²) in [5.41, 5.74) is 1.43. The van der Waals surface area contributed by atoms with Gasteiger partial charge in [-0.2, -0.15) is 13.2 Å². The maximum Gasteiger partial charge on any atom is 0.423 e. The molecule has 0 unspecified atom stereocenters. The molecular weight excluding hydrogens is 549 g/mol. The van der Waals surface area contributed by atoms with Gasteiger partial charge in [0.05, 0.1) is 11.0 Å². The molecule has 2 fully saturated rings. The Kier molecular flexibility index (Phi) is 8.96. The van der Waals surface area contributed by atoms with Gasteiger partial charge in [-0.1, -0.05) is 42.5 Å². The Hall–Kier alpha value is -4.12. The van der Waals surface area contributed by atoms with Crippen molar-refractivity contribution in [3.63, 3.8) is 0 Å². The van der Waals surface area contributed by atoms with Crippen LogP contribution in [0.5, 0.6) is 0 Å². The van der Waals surface area contributed by atoms with Crippen LogP contribution in [0.1, 0.15) is 31.2 Å². The molecule has 1 aliphatic heterocycles. The number of benzene rings is 3. The summed E-state index contributed by atoms with van der Waals surface area (Å²) in [6.45, 7) is 2.73. The van der Waals surface area contributed by atoms with E-state index in [2.05, 4.69) is 46.6 Å². The van der Waals surface area contributed by atoms with Gasteiger partial charge in [-0.3, -0.25) is 14.9 Å². The molecule has 1 heterocycles. The number of hydrogen-bond donors (Lipinski definition) is 1. The number of amides is 1. The Labute approximate surface area is 242 Å². The SMILES string of the molecule is O=C(CO[C@H]1CC[C@H](Nc2ccc([N+](=O)[O-])c(C(F)(F)F)c2)CC1)N1CCN(c2ccc(-c3ccccc3)cc2)CC1. The molecule has 8 nitrogen and oxygen atoms in total. The summed E-state index contributed by atoms with van der Waals surface area (Å²) >= 11 is 0. The van der Waals surface area contributed by atoms with Crippen LogP contribution >= 0.6 is 0 Å². The van der Waals surface area contributed by atoms with Gasteiger partial charge >= 0.3 is 6.18 Å². The van der Waals surface area contributed by atoms with Crippen LogP contribution in [0.25, 0.3) is 11.1 Å². The van der Waals surface area contributed by atoms with Gasteiger partial charge in [-0.15, -0.1) is 0 Å². The van der Waals surface area contributed by atoms with Crippen molar-refractivity contribution < 1.29 is 27.6 Å². The molecule has 1 saturated carbocycles. The van der Waals surface area contributed by atoms with Gasteiger partial charge in [-0.25, -0.2) is 0 Å². The summed E-state index contributed by atoms with van der Waals surface area (Å²) in [7, 11) is 0. The van der Waals surface area contributed by atoms with E-state index in [0.717, 1.165) is 36.5 Å². The second kappa shape index (κ2) is 12.8. The molecule has 222 valence electrons. The molecule has 5 rings (SSSR count). The second-order valence-corrected chi connectivity index (χ2v) is 10.7. The normalized spacial score (nSPS) is 19.4. The number of nitrogens with one attached hydrogen (secondary N) is 1. The van der Waals surface area contributed by atoms with Crippen molar-refractivity contribution in [1.29, 1.82) is 0 Å². The number of rotatable bonds is 8. The lowest BCUT2D eigenvalue weighted by Crippen LogP contribution is -2.50. The molecule has 42 heavy (non-hydrogen) atoms. The second-order valence-electron chi connectivity index (χ2n) is 10.7. The van der Waals surface area contributed by atoms with Crippen molar-refractivity contribution in [3.05, 3.63) is 88.5 Å². The molecule has 3 aromatic rings. The summed E-state index contributed by atoms with van der Waals surface area (Å²) in [6, 6.07) is 21.6. The standard InChI is InChI=1S/C31H33F3N4O4/c32-31(33,34)28-20-25(10-15-29(28)38(40)41)35-24-8-13-27(14-9-24)42-21-30(39)37-18-16-36(17-19-37)26-11-6-23(7-12-26)22-4-2-1-3-5-22/h1-7,10-12,15,20,24,27,35H,8-9,13-14,16-19,21H2/t24-,27-. The third kappa shape index (κ3) is 7.20. The van der Waals surface area contributed by atoms with Crippen LogP contribution in [-0.4, -0.2) is 60.7 Å². The number of nitro benzene ring substituents is 1. The van der Waals surface area contributed by atoms with Gasteiger partial charge in [0.25, 0.3) is 5.69 Å². The van der Waals surface area contributed by atoms with E-state index in [1.165, 1.54) is 11.6 Å². The maximum atomic E-state index is 13.3. The number of carbonyl (C=O) groups excluding carboxylic acids is 1. The lowest BCUT2D eigenvalue weighted by atomic mass is 9.92. The van der Waals surface area contributed by atoms with Gasteiger partial charge in [0.1, 0.15) is 12.2 Å². The summed E-state index contributed by atoms with van der Waals surface area (Å²) in [4.78, 5) is 26.9. The molecule has 1 amide bonds. The Morgan fingerprint density at radius 1 is 0.905 bits per heavy atom. The monoisotopic (exact) mass is 582 g/mol. The summed E-state index contributed by atoms with van der Waals surface area (Å²) in [6.07, 6.45) is -2.29. The highest BCUT2D eigenvalue weighted by molar-refractivity contribution is 5.78. The fraction of sp³-hybridized carbons (Fsp3) is 0.387. The van der Waals surface area contributed by atoms with Crippen LogP contribution in [-0.2, 0) is 15.7 Å². The molecule has 1 saturated heterocycles. The number of nitrogens with zero attached hydrogens (tertiary/aromatic N) is 3. The Morgan fingerprint density at radius 2 is 1.55 bits per heavy atom. The van der Waals surface area contributed by atoms with Crippen LogP contribution in [0.2, 0.25) is 0 Å². The lowest BCUT2D eigenvalue weighted by Gasteiger charge is -2.36. The lowest BCUT2D eigenvalue weighted by molar-refractivity contribution is -0.388. The number of ether oxygens (including phenoxy) is 1. The predicted octanol–water partition coefficient (Wildman–Crippen LogP) is 6.37. The zero-order valence-corrected chi connectivity index (χ0v) is 23.1. The van der Waals surface area contributed by atoms with Crippen molar-refractivity contribution in [2.45, 2.75) is 44.0 Å². The van der Waals surface area contributed by atoms with Gasteiger partial charge in [0.15, 0.2) is 0 Å². The molecule has 0 spiro atoms. The van der Waals surface area contributed by atoms with Crippen molar-refractivity contribution in [2.24, 2.45) is 0 Å². The van der Waals surface area contributed by atoms with E-state index < -0.39 is 22.4 Å². The third-order valence-corrected chi connectivity index (χ3v) is 7.96. The predicted molar refractivity (Wildman–Crippen MR) is 154 cm³/mol. The third-order valence-electron chi connectivity index (χ3n) is 7.96. The molecule has 0 bridgehead atoms. The maximum absolute atomic E-state index is 13.3. The largest absolute Gasteiger partial charge is 0.423 e. The average molecular weight is 583 g/mol. The van der Waals surface area contributed by atoms with Crippen molar-refractivity contribution in [3.8, 4) is 11.1 Å². The van der Waals surface area contributed by atoms with Crippen LogP contribution in [0, 0.1) is 10.1 Å². The van der Waals surface area contributed by atoms with Crippen LogP contribution in [0.3, 0.4) is 0 Å². The summed E-state index contributed by atoms with van der Waals surface area (Å²) in [5, 5.41) is 14.1. The fourth-order valence-corrected chi connectivity index (χ4v) is 5.61. The molecule has 1 aliphatic carbocycles. The quantitative estimate of drug-likeness (QED) is 0.245. The first-order valence-electron chi connectivity index (χ1n) is 14.1. The first kappa shape index (κ1) is 29.4. The number of anilines is 2. The Bertz CT molecular complexity index is 1370. The number of piperazine rings is 1. The topological polar surface area (TPSA) is 87.9 Å². The zero-order valence-electron chi connectivity index (χ0n) is 23.1. The van der Waals surface area contributed by atoms with E-state index in [1.807, 2.05) is 23.1 Å². The van der Waals surface area contributed by atoms with E-state index in [4.69, 9.17) is 4.74 Å². The van der Waals surface area contributed by atoms with Crippen molar-refractivity contribution in [2.75, 3.05) is 43.0 Å². The molecule has 1 N–H and O–H groups in total. The van der Waals surface area contributed by atoms with Gasteiger partial charge in [0, 0.05) is 49.7 Å². The van der Waals surface area contributed by atoms with Gasteiger partial charge < -0.3 is 19.9 Å². The van der Waals surface area contributed by atoms with Gasteiger partial charge in [0.2, 0.25) is 5.91 Å². The highest BCUT2D eigenvalue weighted by Crippen LogP contribution is 2.38.